The standard InChI is InChI=1S/C36H60N3O3/c1-10-37(11-2,12-3)28-19-22-31-40-34-26-25-27-35(41-32-23-20-29-38(13-4,14-5)15-6)36(34)42-33-24-21-30-39(16-7,17-8)18-9/h25-27H,10-18,28-33H2,1-9H3/q+3. The Balaban J connectivity index is 3.06. The van der Waals surface area contributed by atoms with Gasteiger partial charge in [0.15, 0.2) is 11.5 Å². The van der Waals surface area contributed by atoms with Crippen LogP contribution >= 0.6 is 0 Å². The number of rotatable bonds is 18. The second kappa shape index (κ2) is 20.1. The Morgan fingerprint density at radius 1 is 0.429 bits per heavy atom. The second-order valence-electron chi connectivity index (χ2n) is 10.9. The molecule has 0 aliphatic heterocycles. The van der Waals surface area contributed by atoms with E-state index in [1.165, 1.54) is 0 Å². The van der Waals surface area contributed by atoms with E-state index in [4.69, 9.17) is 14.2 Å². The van der Waals surface area contributed by atoms with Crippen LogP contribution in [0.3, 0.4) is 0 Å². The van der Waals surface area contributed by atoms with E-state index < -0.39 is 0 Å². The van der Waals surface area contributed by atoms with E-state index in [1.807, 2.05) is 18.2 Å². The van der Waals surface area contributed by atoms with E-state index >= 15 is 0 Å². The summed E-state index contributed by atoms with van der Waals surface area (Å²) in [4.78, 5) is 0. The van der Waals surface area contributed by atoms with Crippen molar-refractivity contribution < 1.29 is 27.7 Å². The highest BCUT2D eigenvalue weighted by atomic mass is 16.5. The molecule has 0 heterocycles. The molecule has 1 aromatic carbocycles. The third-order valence-electron chi connectivity index (χ3n) is 9.49. The molecule has 6 nitrogen and oxygen atoms in total. The summed E-state index contributed by atoms with van der Waals surface area (Å²) >= 11 is 0. The average Bonchev–Trinajstić information content (AvgIpc) is 3.04. The topological polar surface area (TPSA) is 27.7 Å². The van der Waals surface area contributed by atoms with Crippen LogP contribution in [0.5, 0.6) is 17.2 Å². The Morgan fingerprint density at radius 3 is 1.00 bits per heavy atom. The maximum atomic E-state index is 6.18. The van der Waals surface area contributed by atoms with Crippen molar-refractivity contribution in [2.24, 2.45) is 0 Å². The third kappa shape index (κ3) is 11.5. The molecule has 0 aromatic heterocycles. The summed E-state index contributed by atoms with van der Waals surface area (Å²) in [5.41, 5.74) is 0. The van der Waals surface area contributed by atoms with E-state index in [2.05, 4.69) is 97.8 Å². The number of nitrogens with zero attached hydrogens (tertiary/aromatic N) is 3. The predicted molar refractivity (Wildman–Crippen MR) is 177 cm³/mol. The van der Waals surface area contributed by atoms with Gasteiger partial charge in [0.1, 0.15) is 39.5 Å². The van der Waals surface area contributed by atoms with Gasteiger partial charge in [-0.15, -0.1) is 0 Å². The fourth-order valence-electron chi connectivity index (χ4n) is 5.04. The van der Waals surface area contributed by atoms with E-state index in [1.54, 1.807) is 0 Å². The van der Waals surface area contributed by atoms with Crippen molar-refractivity contribution >= 4 is 0 Å². The monoisotopic (exact) mass is 582 g/mol. The lowest BCUT2D eigenvalue weighted by molar-refractivity contribution is -0.916. The summed E-state index contributed by atoms with van der Waals surface area (Å²) in [6.07, 6.45) is 0. The van der Waals surface area contributed by atoms with Gasteiger partial charge in [-0.25, -0.2) is 0 Å². The summed E-state index contributed by atoms with van der Waals surface area (Å²) < 4.78 is 21.3. The molecule has 0 fully saturated rings. The van der Waals surface area contributed by atoms with Gasteiger partial charge in [0, 0.05) is 0 Å². The molecule has 6 heteroatoms. The van der Waals surface area contributed by atoms with Crippen LogP contribution in [-0.2, 0) is 0 Å². The molecule has 42 heavy (non-hydrogen) atoms. The molecule has 0 spiro atoms. The maximum Gasteiger partial charge on any atom is 0.204 e. The van der Waals surface area contributed by atoms with Crippen molar-refractivity contribution in [3.8, 4) is 52.8 Å². The third-order valence-corrected chi connectivity index (χ3v) is 9.49. The first-order valence-electron chi connectivity index (χ1n) is 16.3. The van der Waals surface area contributed by atoms with Crippen LogP contribution in [0.1, 0.15) is 62.3 Å². The van der Waals surface area contributed by atoms with Gasteiger partial charge in [-0.1, -0.05) is 23.8 Å². The highest BCUT2D eigenvalue weighted by Crippen LogP contribution is 2.37. The molecule has 0 saturated heterocycles. The van der Waals surface area contributed by atoms with E-state index in [0.717, 1.165) is 92.0 Å². The Labute approximate surface area is 259 Å². The Hall–Kier alpha value is -2.82. The minimum atomic E-state index is 0.262. The van der Waals surface area contributed by atoms with Gasteiger partial charge in [-0.2, -0.15) is 0 Å². The summed E-state index contributed by atoms with van der Waals surface area (Å²) in [6, 6.07) is 5.71. The Bertz CT molecular complexity index is 998. The molecule has 0 atom stereocenters. The van der Waals surface area contributed by atoms with Gasteiger partial charge < -0.3 is 27.7 Å². The number of quaternary nitrogens is 3. The van der Waals surface area contributed by atoms with Gasteiger partial charge >= 0.3 is 0 Å². The first-order chi connectivity index (χ1) is 20.3. The Kier molecular flexibility index (Phi) is 17.8. The summed E-state index contributed by atoms with van der Waals surface area (Å²) in [6.45, 7) is 33.1. The molecule has 0 bridgehead atoms. The zero-order valence-electron chi connectivity index (χ0n) is 28.4. The van der Waals surface area contributed by atoms with Crippen molar-refractivity contribution in [1.29, 1.82) is 0 Å². The van der Waals surface area contributed by atoms with Crippen LogP contribution in [0.2, 0.25) is 0 Å². The zero-order chi connectivity index (χ0) is 31.3. The van der Waals surface area contributed by atoms with Gasteiger partial charge in [0.05, 0.1) is 58.9 Å². The van der Waals surface area contributed by atoms with Crippen LogP contribution in [0.25, 0.3) is 0 Å². The fourth-order valence-corrected chi connectivity index (χ4v) is 5.04. The molecule has 234 valence electrons. The second-order valence-corrected chi connectivity index (χ2v) is 10.9. The van der Waals surface area contributed by atoms with Gasteiger partial charge in [-0.3, -0.25) is 0 Å². The lowest BCUT2D eigenvalue weighted by atomic mass is 10.3. The van der Waals surface area contributed by atoms with E-state index in [9.17, 15) is 0 Å². The predicted octanol–water partition coefficient (Wildman–Crippen LogP) is 5.46. The SMILES string of the molecule is CC[N+](CC)(CC)CC#CCOc1cccc(OCC#CC[N+](CC)(CC)CC)c1OCC#CC[N+](CC)(CC)CC. The van der Waals surface area contributed by atoms with E-state index in [0.29, 0.717) is 17.2 Å². The molecular weight excluding hydrogens is 522 g/mol. The van der Waals surface area contributed by atoms with Crippen molar-refractivity contribution in [3.63, 3.8) is 0 Å². The molecule has 0 radical (unpaired) electrons. The first kappa shape index (κ1) is 37.2. The quantitative estimate of drug-likeness (QED) is 0.170. The molecule has 1 aromatic rings. The van der Waals surface area contributed by atoms with Gasteiger partial charge in [0.2, 0.25) is 5.75 Å². The molecule has 0 aliphatic carbocycles. The molecule has 1 rings (SSSR count). The van der Waals surface area contributed by atoms with Crippen LogP contribution in [0.4, 0.5) is 0 Å². The molecule has 0 unspecified atom stereocenters. The summed E-state index contributed by atoms with van der Waals surface area (Å²) in [7, 11) is 0. The van der Waals surface area contributed by atoms with Crippen LogP contribution in [0.15, 0.2) is 18.2 Å². The Morgan fingerprint density at radius 2 is 0.714 bits per heavy atom. The van der Waals surface area contributed by atoms with E-state index in [-0.39, 0.29) is 19.8 Å². The number of hydrogen-bond donors (Lipinski definition) is 0. The number of hydrogen-bond acceptors (Lipinski definition) is 3. The van der Waals surface area contributed by atoms with Crippen molar-refractivity contribution in [1.82, 2.24) is 0 Å². The highest BCUT2D eigenvalue weighted by molar-refractivity contribution is 5.51. The largest absolute Gasteiger partial charge is 0.477 e. The van der Waals surface area contributed by atoms with Crippen molar-refractivity contribution in [2.45, 2.75) is 62.3 Å². The average molecular weight is 583 g/mol. The normalized spacial score (nSPS) is 11.4. The first-order valence-corrected chi connectivity index (χ1v) is 16.3. The highest BCUT2D eigenvalue weighted by Gasteiger charge is 2.20. The molecule has 0 amide bonds. The molecular formula is C36H60N3O3+3. The number of para-hydroxylation sites is 1. The summed E-state index contributed by atoms with van der Waals surface area (Å²) in [5, 5.41) is 0. The maximum absolute atomic E-state index is 6.18. The summed E-state index contributed by atoms with van der Waals surface area (Å²) in [5.74, 6) is 21.4. The zero-order valence-corrected chi connectivity index (χ0v) is 28.4. The lowest BCUT2D eigenvalue weighted by Crippen LogP contribution is -2.47. The molecule has 0 saturated carbocycles. The van der Waals surface area contributed by atoms with Crippen LogP contribution in [0, 0.1) is 35.5 Å². The van der Waals surface area contributed by atoms with Gasteiger partial charge in [-0.05, 0) is 92.2 Å². The minimum Gasteiger partial charge on any atom is -0.477 e. The fraction of sp³-hybridized carbons (Fsp3) is 0.667. The minimum absolute atomic E-state index is 0.262. The number of ether oxygens (including phenoxy) is 3. The number of benzene rings is 1. The van der Waals surface area contributed by atoms with Crippen LogP contribution < -0.4 is 14.2 Å². The smallest absolute Gasteiger partial charge is 0.204 e. The van der Waals surface area contributed by atoms with Crippen molar-refractivity contribution in [3.05, 3.63) is 18.2 Å². The lowest BCUT2D eigenvalue weighted by Gasteiger charge is -2.33. The molecule has 0 N–H and O–H groups in total. The van der Waals surface area contributed by atoms with Gasteiger partial charge in [0.25, 0.3) is 0 Å². The molecule has 0 aliphatic rings. The van der Waals surface area contributed by atoms with Crippen molar-refractivity contribution in [2.75, 3.05) is 98.4 Å². The van der Waals surface area contributed by atoms with Crippen LogP contribution in [-0.4, -0.2) is 112 Å².